The van der Waals surface area contributed by atoms with Crippen LogP contribution in [0.25, 0.3) is 0 Å². The normalized spacial score (nSPS) is 9.67. The molecule has 0 unspecified atom stereocenters. The number of aromatic nitrogens is 1. The Labute approximate surface area is 61.0 Å². The number of nitrogens with zero attached hydrogens (tertiary/aromatic N) is 1. The first-order valence-electron chi connectivity index (χ1n) is 2.47. The van der Waals surface area contributed by atoms with Gasteiger partial charge in [-0.25, -0.2) is 4.39 Å². The molecule has 0 bridgehead atoms. The zero-order valence-corrected chi connectivity index (χ0v) is 6.44. The Kier molecular flexibility index (Phi) is 1.81. The van der Waals surface area contributed by atoms with E-state index in [9.17, 15) is 4.39 Å². The Bertz CT molecular complexity index is 204. The quantitative estimate of drug-likeness (QED) is 0.611. The molecule has 0 saturated heterocycles. The summed E-state index contributed by atoms with van der Waals surface area (Å²) in [5.74, 6) is -0.310. The van der Waals surface area contributed by atoms with Gasteiger partial charge in [0.1, 0.15) is 0 Å². The average Bonchev–Trinajstić information content (AvgIpc) is 1.83. The van der Waals surface area contributed by atoms with E-state index in [2.05, 4.69) is 20.9 Å². The molecule has 48 valence electrons. The van der Waals surface area contributed by atoms with Crippen molar-refractivity contribution in [2.75, 3.05) is 0 Å². The van der Waals surface area contributed by atoms with Crippen LogP contribution in [0.4, 0.5) is 4.39 Å². The maximum absolute atomic E-state index is 12.5. The first-order valence-corrected chi connectivity index (χ1v) is 3.26. The maximum Gasteiger partial charge on any atom is 0.155 e. The molecule has 0 atom stereocenters. The molecule has 1 aromatic heterocycles. The summed E-state index contributed by atoms with van der Waals surface area (Å²) in [6.07, 6.45) is 2.78. The van der Waals surface area contributed by atoms with Crippen LogP contribution in [0.1, 0.15) is 5.56 Å². The number of hydrogen-bond donors (Lipinski definition) is 0. The lowest BCUT2D eigenvalue weighted by molar-refractivity contribution is 0.612. The van der Waals surface area contributed by atoms with Crippen molar-refractivity contribution in [1.82, 2.24) is 4.98 Å². The van der Waals surface area contributed by atoms with Crippen LogP contribution >= 0.6 is 15.9 Å². The molecular weight excluding hydrogens is 185 g/mol. The lowest BCUT2D eigenvalue weighted by atomic mass is 10.3. The van der Waals surface area contributed by atoms with Crippen molar-refractivity contribution in [3.8, 4) is 0 Å². The Morgan fingerprint density at radius 3 is 2.67 bits per heavy atom. The molecular formula is C6H5BrFN. The third kappa shape index (κ3) is 1.27. The van der Waals surface area contributed by atoms with Gasteiger partial charge in [0.15, 0.2) is 5.82 Å². The highest BCUT2D eigenvalue weighted by molar-refractivity contribution is 9.10. The highest BCUT2D eigenvalue weighted by atomic mass is 79.9. The molecule has 1 aromatic rings. The van der Waals surface area contributed by atoms with Crippen LogP contribution in [0, 0.1) is 12.7 Å². The monoisotopic (exact) mass is 189 g/mol. The minimum atomic E-state index is -0.310. The molecule has 9 heavy (non-hydrogen) atoms. The molecule has 0 saturated carbocycles. The number of aryl methyl sites for hydroxylation is 1. The first-order chi connectivity index (χ1) is 4.22. The molecule has 0 spiro atoms. The number of hydrogen-bond acceptors (Lipinski definition) is 1. The lowest BCUT2D eigenvalue weighted by Crippen LogP contribution is -1.83. The summed E-state index contributed by atoms with van der Waals surface area (Å²) >= 11 is 3.06. The van der Waals surface area contributed by atoms with Crippen molar-refractivity contribution in [2.45, 2.75) is 6.92 Å². The molecule has 0 aliphatic carbocycles. The van der Waals surface area contributed by atoms with Gasteiger partial charge < -0.3 is 0 Å². The Morgan fingerprint density at radius 1 is 1.56 bits per heavy atom. The summed E-state index contributed by atoms with van der Waals surface area (Å²) in [6.45, 7) is 1.79. The number of pyridine rings is 1. The van der Waals surface area contributed by atoms with Crippen molar-refractivity contribution in [1.29, 1.82) is 0 Å². The zero-order chi connectivity index (χ0) is 6.85. The van der Waals surface area contributed by atoms with Gasteiger partial charge in [0, 0.05) is 6.20 Å². The van der Waals surface area contributed by atoms with E-state index in [1.54, 1.807) is 13.1 Å². The second kappa shape index (κ2) is 2.43. The van der Waals surface area contributed by atoms with Gasteiger partial charge in [-0.15, -0.1) is 0 Å². The van der Waals surface area contributed by atoms with E-state index in [0.29, 0.717) is 4.47 Å². The first kappa shape index (κ1) is 6.68. The highest BCUT2D eigenvalue weighted by Gasteiger charge is 1.99. The molecule has 1 heterocycles. The van der Waals surface area contributed by atoms with Crippen LogP contribution in [0.2, 0.25) is 0 Å². The minimum Gasteiger partial charge on any atom is -0.261 e. The second-order valence-electron chi connectivity index (χ2n) is 1.75. The van der Waals surface area contributed by atoms with E-state index in [4.69, 9.17) is 0 Å². The topological polar surface area (TPSA) is 12.9 Å². The summed E-state index contributed by atoms with van der Waals surface area (Å²) in [4.78, 5) is 3.64. The van der Waals surface area contributed by atoms with Gasteiger partial charge >= 0.3 is 0 Å². The molecule has 1 nitrogen and oxygen atoms in total. The van der Waals surface area contributed by atoms with Crippen LogP contribution in [0.15, 0.2) is 16.9 Å². The van der Waals surface area contributed by atoms with Gasteiger partial charge in [0.05, 0.1) is 10.7 Å². The molecule has 0 aliphatic rings. The summed E-state index contributed by atoms with van der Waals surface area (Å²) in [6, 6.07) is 0. The van der Waals surface area contributed by atoms with Crippen LogP contribution in [0.3, 0.4) is 0 Å². The molecule has 0 aliphatic heterocycles. The number of halogens is 2. The molecule has 3 heteroatoms. The predicted octanol–water partition coefficient (Wildman–Crippen LogP) is 2.29. The van der Waals surface area contributed by atoms with Crippen molar-refractivity contribution >= 4 is 15.9 Å². The van der Waals surface area contributed by atoms with E-state index >= 15 is 0 Å². The van der Waals surface area contributed by atoms with E-state index in [0.717, 1.165) is 5.56 Å². The lowest BCUT2D eigenvalue weighted by Gasteiger charge is -1.94. The average molecular weight is 190 g/mol. The van der Waals surface area contributed by atoms with Gasteiger partial charge in [-0.05, 0) is 28.4 Å². The van der Waals surface area contributed by atoms with Crippen molar-refractivity contribution < 1.29 is 4.39 Å². The molecule has 0 aromatic carbocycles. The van der Waals surface area contributed by atoms with Crippen LogP contribution in [0.5, 0.6) is 0 Å². The van der Waals surface area contributed by atoms with Crippen molar-refractivity contribution in [2.24, 2.45) is 0 Å². The predicted molar refractivity (Wildman–Crippen MR) is 36.6 cm³/mol. The van der Waals surface area contributed by atoms with E-state index in [-0.39, 0.29) is 5.82 Å². The summed E-state index contributed by atoms with van der Waals surface area (Å²) < 4.78 is 13.0. The molecule has 0 amide bonds. The summed E-state index contributed by atoms with van der Waals surface area (Å²) in [5.41, 5.74) is 0.815. The molecule has 0 fully saturated rings. The zero-order valence-electron chi connectivity index (χ0n) is 4.86. The third-order valence-corrected chi connectivity index (χ3v) is 2.02. The van der Waals surface area contributed by atoms with Crippen molar-refractivity contribution in [3.05, 3.63) is 28.2 Å². The standard InChI is InChI=1S/C6H5BrFN/c1-4-2-9-3-5(8)6(4)7/h2-3H,1H3. The van der Waals surface area contributed by atoms with E-state index in [1.165, 1.54) is 6.20 Å². The van der Waals surface area contributed by atoms with E-state index in [1.807, 2.05) is 0 Å². The molecule has 1 rings (SSSR count). The van der Waals surface area contributed by atoms with Gasteiger partial charge in [-0.3, -0.25) is 4.98 Å². The minimum absolute atomic E-state index is 0.310. The Hall–Kier alpha value is -0.440. The fraction of sp³-hybridized carbons (Fsp3) is 0.167. The van der Waals surface area contributed by atoms with Gasteiger partial charge in [0.2, 0.25) is 0 Å². The van der Waals surface area contributed by atoms with Gasteiger partial charge in [0.25, 0.3) is 0 Å². The molecule has 0 radical (unpaired) electrons. The second-order valence-corrected chi connectivity index (χ2v) is 2.55. The fourth-order valence-electron chi connectivity index (χ4n) is 0.516. The SMILES string of the molecule is Cc1cncc(F)c1Br. The van der Waals surface area contributed by atoms with E-state index < -0.39 is 0 Å². The van der Waals surface area contributed by atoms with Gasteiger partial charge in [-0.2, -0.15) is 0 Å². The van der Waals surface area contributed by atoms with Crippen LogP contribution in [-0.2, 0) is 0 Å². The highest BCUT2D eigenvalue weighted by Crippen LogP contribution is 2.17. The Morgan fingerprint density at radius 2 is 2.22 bits per heavy atom. The maximum atomic E-state index is 12.5. The fourth-order valence-corrected chi connectivity index (χ4v) is 0.721. The summed E-state index contributed by atoms with van der Waals surface area (Å²) in [5, 5.41) is 0. The molecule has 0 N–H and O–H groups in total. The third-order valence-electron chi connectivity index (χ3n) is 1.01. The smallest absolute Gasteiger partial charge is 0.155 e. The summed E-state index contributed by atoms with van der Waals surface area (Å²) in [7, 11) is 0. The largest absolute Gasteiger partial charge is 0.261 e. The Balaban J connectivity index is 3.25. The number of rotatable bonds is 0. The van der Waals surface area contributed by atoms with Crippen LogP contribution in [-0.4, -0.2) is 4.98 Å². The van der Waals surface area contributed by atoms with Crippen LogP contribution < -0.4 is 0 Å². The van der Waals surface area contributed by atoms with Crippen molar-refractivity contribution in [3.63, 3.8) is 0 Å². The van der Waals surface area contributed by atoms with Gasteiger partial charge in [-0.1, -0.05) is 0 Å².